The molecule has 0 spiro atoms. The Balaban J connectivity index is 2.14. The van der Waals surface area contributed by atoms with Gasteiger partial charge in [-0.15, -0.1) is 0 Å². The van der Waals surface area contributed by atoms with E-state index in [-0.39, 0.29) is 0 Å². The Kier molecular flexibility index (Phi) is 2.31. The van der Waals surface area contributed by atoms with Gasteiger partial charge in [0.1, 0.15) is 5.52 Å². The molecular formula is C13H18N4. The Labute approximate surface area is 101 Å². The van der Waals surface area contributed by atoms with Crippen molar-refractivity contribution >= 4 is 17.0 Å². The van der Waals surface area contributed by atoms with Gasteiger partial charge < -0.3 is 10.3 Å². The average molecular weight is 230 g/mol. The number of nitrogen functional groups attached to an aromatic ring is 1. The monoisotopic (exact) mass is 230 g/mol. The first kappa shape index (κ1) is 10.6. The summed E-state index contributed by atoms with van der Waals surface area (Å²) in [5.41, 5.74) is 8.08. The zero-order chi connectivity index (χ0) is 12.0. The highest BCUT2D eigenvalue weighted by atomic mass is 15.2. The van der Waals surface area contributed by atoms with Gasteiger partial charge in [0, 0.05) is 12.2 Å². The van der Waals surface area contributed by atoms with Gasteiger partial charge in [-0.05, 0) is 30.7 Å². The molecule has 0 amide bonds. The van der Waals surface area contributed by atoms with Gasteiger partial charge in [-0.3, -0.25) is 4.98 Å². The molecule has 0 aliphatic heterocycles. The van der Waals surface area contributed by atoms with E-state index in [4.69, 9.17) is 5.73 Å². The van der Waals surface area contributed by atoms with E-state index in [1.807, 2.05) is 12.3 Å². The lowest BCUT2D eigenvalue weighted by atomic mass is 9.97. The number of anilines is 1. The van der Waals surface area contributed by atoms with Crippen LogP contribution < -0.4 is 5.73 Å². The molecule has 0 saturated heterocycles. The van der Waals surface area contributed by atoms with Gasteiger partial charge in [-0.25, -0.2) is 4.98 Å². The van der Waals surface area contributed by atoms with Crippen LogP contribution >= 0.6 is 0 Å². The quantitative estimate of drug-likeness (QED) is 0.819. The van der Waals surface area contributed by atoms with Crippen LogP contribution in [-0.4, -0.2) is 14.5 Å². The van der Waals surface area contributed by atoms with E-state index >= 15 is 0 Å². The molecule has 1 aliphatic carbocycles. The number of rotatable bonds is 1. The van der Waals surface area contributed by atoms with Crippen LogP contribution in [0.5, 0.6) is 0 Å². The molecule has 90 valence electrons. The van der Waals surface area contributed by atoms with Crippen LogP contribution in [0.4, 0.5) is 5.95 Å². The van der Waals surface area contributed by atoms with Crippen LogP contribution in [-0.2, 0) is 0 Å². The normalized spacial score (nSPS) is 28.9. The molecule has 2 N–H and O–H groups in total. The van der Waals surface area contributed by atoms with Crippen LogP contribution in [0.3, 0.4) is 0 Å². The van der Waals surface area contributed by atoms with Gasteiger partial charge in [0.05, 0.1) is 11.7 Å². The zero-order valence-electron chi connectivity index (χ0n) is 10.3. The Bertz CT molecular complexity index is 545. The molecule has 2 heterocycles. The van der Waals surface area contributed by atoms with Crippen LogP contribution in [0.2, 0.25) is 0 Å². The summed E-state index contributed by atoms with van der Waals surface area (Å²) in [6, 6.07) is 2.49. The summed E-state index contributed by atoms with van der Waals surface area (Å²) in [4.78, 5) is 8.49. The lowest BCUT2D eigenvalue weighted by molar-refractivity contribution is 0.361. The molecule has 1 saturated carbocycles. The van der Waals surface area contributed by atoms with Crippen molar-refractivity contribution in [3.8, 4) is 0 Å². The van der Waals surface area contributed by atoms with E-state index in [0.29, 0.717) is 17.9 Å². The number of hydrogen-bond donors (Lipinski definition) is 1. The van der Waals surface area contributed by atoms with E-state index in [2.05, 4.69) is 28.4 Å². The van der Waals surface area contributed by atoms with Crippen molar-refractivity contribution in [2.45, 2.75) is 32.7 Å². The van der Waals surface area contributed by atoms with Crippen molar-refractivity contribution in [3.05, 3.63) is 18.5 Å². The van der Waals surface area contributed by atoms with Gasteiger partial charge in [-0.2, -0.15) is 0 Å². The molecule has 0 aromatic carbocycles. The van der Waals surface area contributed by atoms with Crippen molar-refractivity contribution < 1.29 is 0 Å². The SMILES string of the molecule is CC1CCC(n2c(N)nc3cnccc32)C1C. The molecule has 0 bridgehead atoms. The molecule has 1 aliphatic rings. The number of aromatic nitrogens is 3. The lowest BCUT2D eigenvalue weighted by Gasteiger charge is -2.21. The minimum Gasteiger partial charge on any atom is -0.369 e. The van der Waals surface area contributed by atoms with Gasteiger partial charge in [0.2, 0.25) is 5.95 Å². The molecule has 3 atom stereocenters. The maximum absolute atomic E-state index is 6.06. The maximum Gasteiger partial charge on any atom is 0.201 e. The van der Waals surface area contributed by atoms with Crippen LogP contribution in [0.15, 0.2) is 18.5 Å². The van der Waals surface area contributed by atoms with Gasteiger partial charge >= 0.3 is 0 Å². The molecule has 0 radical (unpaired) electrons. The predicted octanol–water partition coefficient (Wildman–Crippen LogP) is 2.62. The third-order valence-electron chi connectivity index (χ3n) is 4.27. The van der Waals surface area contributed by atoms with Crippen molar-refractivity contribution in [1.29, 1.82) is 0 Å². The summed E-state index contributed by atoms with van der Waals surface area (Å²) >= 11 is 0. The second kappa shape index (κ2) is 3.72. The van der Waals surface area contributed by atoms with Crippen molar-refractivity contribution in [1.82, 2.24) is 14.5 Å². The highest BCUT2D eigenvalue weighted by molar-refractivity contribution is 5.77. The number of nitrogens with zero attached hydrogens (tertiary/aromatic N) is 3. The minimum absolute atomic E-state index is 0.484. The molecule has 2 aromatic heterocycles. The van der Waals surface area contributed by atoms with Gasteiger partial charge in [0.25, 0.3) is 0 Å². The summed E-state index contributed by atoms with van der Waals surface area (Å²) in [5, 5.41) is 0. The Hall–Kier alpha value is -1.58. The van der Waals surface area contributed by atoms with Crippen LogP contribution in [0.1, 0.15) is 32.7 Å². The van der Waals surface area contributed by atoms with Crippen molar-refractivity contribution in [3.63, 3.8) is 0 Å². The standard InChI is InChI=1S/C13H18N4/c1-8-3-4-11(9(8)2)17-12-5-6-15-7-10(12)16-13(17)14/h5-9,11H,3-4H2,1-2H3,(H2,14,16). The van der Waals surface area contributed by atoms with Crippen LogP contribution in [0.25, 0.3) is 11.0 Å². The number of fused-ring (bicyclic) bond motifs is 1. The molecular weight excluding hydrogens is 212 g/mol. The smallest absolute Gasteiger partial charge is 0.201 e. The third-order valence-corrected chi connectivity index (χ3v) is 4.27. The molecule has 17 heavy (non-hydrogen) atoms. The third kappa shape index (κ3) is 1.51. The topological polar surface area (TPSA) is 56.7 Å². The zero-order valence-corrected chi connectivity index (χ0v) is 10.3. The Morgan fingerprint density at radius 1 is 1.35 bits per heavy atom. The molecule has 4 nitrogen and oxygen atoms in total. The number of nitrogens with two attached hydrogens (primary N) is 1. The fourth-order valence-electron chi connectivity index (χ4n) is 3.02. The second-order valence-electron chi connectivity index (χ2n) is 5.19. The number of pyridine rings is 1. The van der Waals surface area contributed by atoms with Crippen molar-refractivity contribution in [2.75, 3.05) is 5.73 Å². The van der Waals surface area contributed by atoms with E-state index in [1.165, 1.54) is 12.8 Å². The van der Waals surface area contributed by atoms with E-state index < -0.39 is 0 Å². The predicted molar refractivity (Wildman–Crippen MR) is 68.5 cm³/mol. The molecule has 1 fully saturated rings. The number of imidazole rings is 1. The summed E-state index contributed by atoms with van der Waals surface area (Å²) < 4.78 is 2.20. The maximum atomic E-state index is 6.06. The fraction of sp³-hybridized carbons (Fsp3) is 0.538. The van der Waals surface area contributed by atoms with Crippen LogP contribution in [0, 0.1) is 11.8 Å². The first-order valence-corrected chi connectivity index (χ1v) is 6.26. The first-order valence-electron chi connectivity index (χ1n) is 6.26. The van der Waals surface area contributed by atoms with E-state index in [0.717, 1.165) is 17.0 Å². The first-order chi connectivity index (χ1) is 8.18. The highest BCUT2D eigenvalue weighted by Gasteiger charge is 2.32. The second-order valence-corrected chi connectivity index (χ2v) is 5.19. The lowest BCUT2D eigenvalue weighted by Crippen LogP contribution is -2.16. The summed E-state index contributed by atoms with van der Waals surface area (Å²) in [5.74, 6) is 2.04. The highest BCUT2D eigenvalue weighted by Crippen LogP contribution is 2.42. The molecule has 3 unspecified atom stereocenters. The molecule has 4 heteroatoms. The summed E-state index contributed by atoms with van der Waals surface area (Å²) in [6.45, 7) is 4.64. The van der Waals surface area contributed by atoms with Gasteiger partial charge in [-0.1, -0.05) is 13.8 Å². The average Bonchev–Trinajstić information content (AvgIpc) is 2.80. The van der Waals surface area contributed by atoms with E-state index in [1.54, 1.807) is 6.20 Å². The summed E-state index contributed by atoms with van der Waals surface area (Å²) in [7, 11) is 0. The Morgan fingerprint density at radius 2 is 2.18 bits per heavy atom. The molecule has 3 rings (SSSR count). The minimum atomic E-state index is 0.484. The van der Waals surface area contributed by atoms with Crippen molar-refractivity contribution in [2.24, 2.45) is 11.8 Å². The largest absolute Gasteiger partial charge is 0.369 e. The fourth-order valence-corrected chi connectivity index (χ4v) is 3.02. The van der Waals surface area contributed by atoms with E-state index in [9.17, 15) is 0 Å². The Morgan fingerprint density at radius 3 is 2.88 bits per heavy atom. The summed E-state index contributed by atoms with van der Waals surface area (Å²) in [6.07, 6.45) is 6.06. The van der Waals surface area contributed by atoms with Gasteiger partial charge in [0.15, 0.2) is 0 Å². The number of hydrogen-bond acceptors (Lipinski definition) is 3. The molecule has 2 aromatic rings.